The van der Waals surface area contributed by atoms with Crippen LogP contribution in [-0.2, 0) is 23.5 Å². The van der Waals surface area contributed by atoms with Crippen LogP contribution in [0.2, 0.25) is 5.02 Å². The number of benzene rings is 2. The van der Waals surface area contributed by atoms with Crippen LogP contribution in [0.5, 0.6) is 0 Å². The molecule has 192 valence electrons. The molecule has 8 nitrogen and oxygen atoms in total. The number of hydrogen-bond acceptors (Lipinski definition) is 7. The summed E-state index contributed by atoms with van der Waals surface area (Å²) in [6.07, 6.45) is -0.416. The van der Waals surface area contributed by atoms with Crippen molar-refractivity contribution in [2.75, 3.05) is 10.2 Å². The van der Waals surface area contributed by atoms with E-state index in [1.165, 1.54) is 17.5 Å². The molecule has 13 heteroatoms. The molecular weight excluding hydrogens is 536 g/mol. The number of rotatable bonds is 6. The number of carbonyl (C=O) groups excluding carboxylic acids is 2. The SMILES string of the molecule is CC(Nc1cc(F)c(N(C(=O)OC(C)(C)C)C2=C[S@](=S(=O)=O)C=N2)cc1Cl)c1cc(C=O)ccc1F. The molecule has 1 amide bonds. The zero-order valence-electron chi connectivity index (χ0n) is 19.6. The van der Waals surface area contributed by atoms with Gasteiger partial charge in [-0.2, -0.15) is 8.42 Å². The molecular formula is C23H22ClF2N3O5S2. The third kappa shape index (κ3) is 6.37. The second-order valence-corrected chi connectivity index (χ2v) is 12.5. The third-order valence-corrected chi connectivity index (χ3v) is 7.62. The van der Waals surface area contributed by atoms with Gasteiger partial charge < -0.3 is 10.1 Å². The molecule has 1 aliphatic rings. The van der Waals surface area contributed by atoms with Crippen LogP contribution in [0.15, 0.2) is 46.6 Å². The highest BCUT2D eigenvalue weighted by Gasteiger charge is 2.31. The van der Waals surface area contributed by atoms with Gasteiger partial charge in [-0.3, -0.25) is 4.79 Å². The van der Waals surface area contributed by atoms with Crippen molar-refractivity contribution >= 4 is 59.6 Å². The van der Waals surface area contributed by atoms with Crippen molar-refractivity contribution in [2.45, 2.75) is 39.3 Å². The summed E-state index contributed by atoms with van der Waals surface area (Å²) in [5.41, 5.74) is 0.373. The van der Waals surface area contributed by atoms with E-state index in [0.717, 1.165) is 28.6 Å². The van der Waals surface area contributed by atoms with Crippen LogP contribution in [-0.4, -0.2) is 31.9 Å². The molecule has 0 saturated heterocycles. The molecule has 2 aromatic carbocycles. The Morgan fingerprint density at radius 3 is 2.50 bits per heavy atom. The predicted molar refractivity (Wildman–Crippen MR) is 137 cm³/mol. The zero-order chi connectivity index (χ0) is 26.8. The van der Waals surface area contributed by atoms with Gasteiger partial charge in [0.05, 0.1) is 28.0 Å². The van der Waals surface area contributed by atoms with Gasteiger partial charge in [0, 0.05) is 32.1 Å². The van der Waals surface area contributed by atoms with E-state index in [4.69, 9.17) is 16.3 Å². The molecule has 0 aliphatic carbocycles. The first-order chi connectivity index (χ1) is 16.8. The fourth-order valence-corrected chi connectivity index (χ4v) is 5.02. The average Bonchev–Trinajstić information content (AvgIpc) is 3.26. The van der Waals surface area contributed by atoms with E-state index in [9.17, 15) is 22.4 Å². The maximum atomic E-state index is 15.4. The molecule has 1 N–H and O–H groups in total. The highest BCUT2D eigenvalue weighted by molar-refractivity contribution is 8.42. The molecule has 0 bridgehead atoms. The summed E-state index contributed by atoms with van der Waals surface area (Å²) in [6.45, 7) is 6.44. The van der Waals surface area contributed by atoms with Crippen molar-refractivity contribution in [3.63, 3.8) is 0 Å². The highest BCUT2D eigenvalue weighted by Crippen LogP contribution is 2.36. The lowest BCUT2D eigenvalue weighted by molar-refractivity contribution is 0.0591. The first-order valence-corrected chi connectivity index (χ1v) is 13.7. The molecule has 0 radical (unpaired) electrons. The monoisotopic (exact) mass is 557 g/mol. The number of aldehydes is 1. The van der Waals surface area contributed by atoms with Crippen LogP contribution in [0.3, 0.4) is 0 Å². The van der Waals surface area contributed by atoms with Crippen LogP contribution in [0, 0.1) is 11.6 Å². The molecule has 1 aliphatic heterocycles. The number of halogens is 3. The molecule has 2 atom stereocenters. The largest absolute Gasteiger partial charge is 0.443 e. The summed E-state index contributed by atoms with van der Waals surface area (Å²) < 4.78 is 57.7. The molecule has 2 aromatic rings. The van der Waals surface area contributed by atoms with Gasteiger partial charge in [-0.1, -0.05) is 11.6 Å². The highest BCUT2D eigenvalue weighted by atomic mass is 35.5. The van der Waals surface area contributed by atoms with Crippen LogP contribution in [0.4, 0.5) is 25.0 Å². The van der Waals surface area contributed by atoms with Gasteiger partial charge >= 0.3 is 6.09 Å². The third-order valence-electron chi connectivity index (χ3n) is 4.74. The van der Waals surface area contributed by atoms with Crippen molar-refractivity contribution in [1.82, 2.24) is 0 Å². The summed E-state index contributed by atoms with van der Waals surface area (Å²) in [5.74, 6) is -1.62. The second-order valence-electron chi connectivity index (χ2n) is 8.61. The molecule has 36 heavy (non-hydrogen) atoms. The van der Waals surface area contributed by atoms with E-state index >= 15 is 4.39 Å². The van der Waals surface area contributed by atoms with Crippen molar-refractivity contribution in [1.29, 1.82) is 0 Å². The fraction of sp³-hybridized carbons (Fsp3) is 0.261. The maximum absolute atomic E-state index is 15.4. The molecule has 0 saturated carbocycles. The van der Waals surface area contributed by atoms with Gasteiger partial charge in [0.2, 0.25) is 9.26 Å². The van der Waals surface area contributed by atoms with Crippen molar-refractivity contribution in [3.05, 3.63) is 69.3 Å². The Kier molecular flexibility index (Phi) is 8.32. The number of ether oxygens (including phenoxy) is 1. The summed E-state index contributed by atoms with van der Waals surface area (Å²) in [6, 6.07) is 5.31. The quantitative estimate of drug-likeness (QED) is 0.464. The molecule has 1 heterocycles. The number of nitrogens with zero attached hydrogens (tertiary/aromatic N) is 2. The summed E-state index contributed by atoms with van der Waals surface area (Å²) in [5, 5.41) is 4.07. The van der Waals surface area contributed by atoms with Crippen LogP contribution >= 0.6 is 11.6 Å². The lowest BCUT2D eigenvalue weighted by Gasteiger charge is -2.27. The minimum absolute atomic E-state index is 0.0206. The van der Waals surface area contributed by atoms with E-state index in [-0.39, 0.29) is 33.3 Å². The zero-order valence-corrected chi connectivity index (χ0v) is 22.0. The lowest BCUT2D eigenvalue weighted by atomic mass is 10.0. The molecule has 0 spiro atoms. The maximum Gasteiger partial charge on any atom is 0.420 e. The van der Waals surface area contributed by atoms with Gasteiger partial charge in [-0.15, -0.1) is 0 Å². The van der Waals surface area contributed by atoms with Gasteiger partial charge in [-0.25, -0.2) is 23.5 Å². The van der Waals surface area contributed by atoms with Crippen LogP contribution < -0.4 is 10.2 Å². The molecule has 0 fully saturated rings. The van der Waals surface area contributed by atoms with Crippen molar-refractivity contribution in [2.24, 2.45) is 4.99 Å². The first-order valence-electron chi connectivity index (χ1n) is 10.4. The van der Waals surface area contributed by atoms with Gasteiger partial charge in [0.15, 0.2) is 5.82 Å². The van der Waals surface area contributed by atoms with Crippen molar-refractivity contribution < 1.29 is 31.5 Å². The Bertz CT molecular complexity index is 1430. The standard InChI is InChI=1S/C23H22ClF2N3O5S2/c1-13(15-7-14(10-30)5-6-17(15)25)28-19-9-18(26)20(8-16(19)24)29(22(31)34-23(2,3)4)21-11-35(12-27-21)36(32)33/h5-13,28H,1-4H3/t13?,35-/m0/s1. The first kappa shape index (κ1) is 27.5. The number of nitrogens with one attached hydrogen (secondary N) is 1. The van der Waals surface area contributed by atoms with Gasteiger partial charge in [-0.05, 0) is 52.0 Å². The lowest BCUT2D eigenvalue weighted by Crippen LogP contribution is -2.36. The topological polar surface area (TPSA) is 105 Å². The van der Waals surface area contributed by atoms with E-state index in [1.807, 2.05) is 0 Å². The fourth-order valence-electron chi connectivity index (χ4n) is 3.18. The number of aliphatic imine (C=N–C) groups is 1. The number of amides is 1. The number of hydrogen-bond donors (Lipinski definition) is 1. The average molecular weight is 558 g/mol. The van der Waals surface area contributed by atoms with E-state index in [0.29, 0.717) is 6.29 Å². The molecule has 3 rings (SSSR count). The normalized spacial score (nSPS) is 15.8. The molecule has 0 aromatic heterocycles. The van der Waals surface area contributed by atoms with Crippen LogP contribution in [0.1, 0.15) is 49.7 Å². The van der Waals surface area contributed by atoms with Gasteiger partial charge in [0.25, 0.3) is 0 Å². The van der Waals surface area contributed by atoms with E-state index in [2.05, 4.69) is 10.3 Å². The smallest absolute Gasteiger partial charge is 0.420 e. The number of anilines is 2. The van der Waals surface area contributed by atoms with E-state index in [1.54, 1.807) is 27.7 Å². The Morgan fingerprint density at radius 1 is 1.22 bits per heavy atom. The minimum atomic E-state index is -2.52. The minimum Gasteiger partial charge on any atom is -0.443 e. The Labute approximate surface area is 214 Å². The predicted octanol–water partition coefficient (Wildman–Crippen LogP) is 5.60. The summed E-state index contributed by atoms with van der Waals surface area (Å²) in [7, 11) is -3.93. The Hall–Kier alpha value is -3.09. The van der Waals surface area contributed by atoms with Crippen molar-refractivity contribution in [3.8, 4) is 0 Å². The second kappa shape index (κ2) is 10.9. The molecule has 1 unspecified atom stereocenters. The van der Waals surface area contributed by atoms with E-state index < -0.39 is 48.1 Å². The Morgan fingerprint density at radius 2 is 1.92 bits per heavy atom. The number of carbonyl (C=O) groups is 2. The summed E-state index contributed by atoms with van der Waals surface area (Å²) in [4.78, 5) is 28.8. The van der Waals surface area contributed by atoms with Crippen LogP contribution in [0.25, 0.3) is 0 Å². The van der Waals surface area contributed by atoms with Gasteiger partial charge in [0.1, 0.15) is 23.5 Å². The Balaban J connectivity index is 2.02. The summed E-state index contributed by atoms with van der Waals surface area (Å²) >= 11 is 6.39.